The second-order valence-electron chi connectivity index (χ2n) is 3.79. The lowest BCUT2D eigenvalue weighted by Crippen LogP contribution is -2.11. The third-order valence-corrected chi connectivity index (χ3v) is 2.45. The molecule has 1 amide bonds. The van der Waals surface area contributed by atoms with Gasteiger partial charge < -0.3 is 10.4 Å². The highest BCUT2D eigenvalue weighted by Gasteiger charge is 2.02. The fraction of sp³-hybridized carbons (Fsp3) is 0.231. The third kappa shape index (κ3) is 3.01. The molecule has 0 aliphatic carbocycles. The SMILES string of the molecule is O=C(CCCO)Nc1ccc2ncccc2c1. The molecule has 4 heteroatoms. The van der Waals surface area contributed by atoms with Gasteiger partial charge in [0.25, 0.3) is 0 Å². The number of rotatable bonds is 4. The van der Waals surface area contributed by atoms with Crippen LogP contribution in [0.1, 0.15) is 12.8 Å². The van der Waals surface area contributed by atoms with Crippen LogP contribution in [-0.2, 0) is 4.79 Å². The van der Waals surface area contributed by atoms with E-state index in [-0.39, 0.29) is 12.5 Å². The molecule has 2 N–H and O–H groups in total. The minimum absolute atomic E-state index is 0.0368. The number of pyridine rings is 1. The van der Waals surface area contributed by atoms with Crippen LogP contribution in [0.2, 0.25) is 0 Å². The molecular formula is C13H14N2O2. The number of aliphatic hydroxyl groups excluding tert-OH is 1. The fourth-order valence-electron chi connectivity index (χ4n) is 1.62. The number of anilines is 1. The molecule has 0 radical (unpaired) electrons. The lowest BCUT2D eigenvalue weighted by molar-refractivity contribution is -0.116. The summed E-state index contributed by atoms with van der Waals surface area (Å²) in [6.45, 7) is 0.0368. The van der Waals surface area contributed by atoms with Gasteiger partial charge in [0.1, 0.15) is 0 Å². The summed E-state index contributed by atoms with van der Waals surface area (Å²) in [7, 11) is 0. The Hall–Kier alpha value is -1.94. The molecule has 17 heavy (non-hydrogen) atoms. The van der Waals surface area contributed by atoms with Gasteiger partial charge in [0, 0.05) is 30.3 Å². The molecule has 2 aromatic rings. The van der Waals surface area contributed by atoms with E-state index in [9.17, 15) is 4.79 Å². The third-order valence-electron chi connectivity index (χ3n) is 2.45. The average molecular weight is 230 g/mol. The largest absolute Gasteiger partial charge is 0.396 e. The molecule has 1 aromatic carbocycles. The van der Waals surface area contributed by atoms with Crippen molar-refractivity contribution in [3.63, 3.8) is 0 Å². The maximum atomic E-state index is 11.5. The molecule has 0 saturated heterocycles. The topological polar surface area (TPSA) is 62.2 Å². The second kappa shape index (κ2) is 5.41. The first-order valence-corrected chi connectivity index (χ1v) is 5.55. The zero-order chi connectivity index (χ0) is 12.1. The summed E-state index contributed by atoms with van der Waals surface area (Å²) in [5.41, 5.74) is 1.66. The average Bonchev–Trinajstić information content (AvgIpc) is 2.36. The summed E-state index contributed by atoms with van der Waals surface area (Å²) in [6, 6.07) is 9.40. The van der Waals surface area contributed by atoms with Crippen LogP contribution in [0.15, 0.2) is 36.5 Å². The van der Waals surface area contributed by atoms with Gasteiger partial charge in [0.05, 0.1) is 5.52 Å². The van der Waals surface area contributed by atoms with Crippen molar-refractivity contribution in [2.45, 2.75) is 12.8 Å². The minimum atomic E-state index is -0.0812. The summed E-state index contributed by atoms with van der Waals surface area (Å²) in [6.07, 6.45) is 2.56. The molecular weight excluding hydrogens is 216 g/mol. The predicted molar refractivity (Wildman–Crippen MR) is 66.7 cm³/mol. The van der Waals surface area contributed by atoms with Gasteiger partial charge in [-0.05, 0) is 30.7 Å². The van der Waals surface area contributed by atoms with Crippen molar-refractivity contribution in [1.82, 2.24) is 4.98 Å². The van der Waals surface area contributed by atoms with E-state index in [1.165, 1.54) is 0 Å². The standard InChI is InChI=1S/C13H14N2O2/c16-8-2-4-13(17)15-11-5-6-12-10(9-11)3-1-7-14-12/h1,3,5-7,9,16H,2,4,8H2,(H,15,17). The Morgan fingerprint density at radius 1 is 1.35 bits per heavy atom. The minimum Gasteiger partial charge on any atom is -0.396 e. The zero-order valence-corrected chi connectivity index (χ0v) is 9.39. The van der Waals surface area contributed by atoms with Crippen LogP contribution in [0.3, 0.4) is 0 Å². The van der Waals surface area contributed by atoms with Gasteiger partial charge in [-0.1, -0.05) is 6.07 Å². The summed E-state index contributed by atoms with van der Waals surface area (Å²) >= 11 is 0. The number of hydrogen-bond acceptors (Lipinski definition) is 3. The molecule has 1 aromatic heterocycles. The van der Waals surface area contributed by atoms with Crippen molar-refractivity contribution in [1.29, 1.82) is 0 Å². The Morgan fingerprint density at radius 3 is 3.06 bits per heavy atom. The van der Waals surface area contributed by atoms with Crippen molar-refractivity contribution in [2.75, 3.05) is 11.9 Å². The molecule has 0 unspecified atom stereocenters. The summed E-state index contributed by atoms with van der Waals surface area (Å²) < 4.78 is 0. The molecule has 0 saturated carbocycles. The lowest BCUT2D eigenvalue weighted by Gasteiger charge is -2.05. The smallest absolute Gasteiger partial charge is 0.224 e. The molecule has 1 heterocycles. The van der Waals surface area contributed by atoms with Gasteiger partial charge in [0.2, 0.25) is 5.91 Å². The Morgan fingerprint density at radius 2 is 2.24 bits per heavy atom. The first-order valence-electron chi connectivity index (χ1n) is 5.55. The molecule has 0 aliphatic heterocycles. The Balaban J connectivity index is 2.11. The number of carbonyl (C=O) groups is 1. The summed E-state index contributed by atoms with van der Waals surface area (Å²) in [5.74, 6) is -0.0812. The molecule has 0 bridgehead atoms. The molecule has 0 spiro atoms. The van der Waals surface area contributed by atoms with Gasteiger partial charge >= 0.3 is 0 Å². The number of aliphatic hydroxyl groups is 1. The maximum absolute atomic E-state index is 11.5. The van der Waals surface area contributed by atoms with Crippen molar-refractivity contribution < 1.29 is 9.90 Å². The zero-order valence-electron chi connectivity index (χ0n) is 9.39. The van der Waals surface area contributed by atoms with Gasteiger partial charge in [-0.3, -0.25) is 9.78 Å². The monoisotopic (exact) mass is 230 g/mol. The van der Waals surface area contributed by atoms with E-state index in [2.05, 4.69) is 10.3 Å². The van der Waals surface area contributed by atoms with Crippen molar-refractivity contribution in [3.8, 4) is 0 Å². The molecule has 4 nitrogen and oxygen atoms in total. The van der Waals surface area contributed by atoms with E-state index in [1.807, 2.05) is 30.3 Å². The number of amides is 1. The van der Waals surface area contributed by atoms with E-state index in [0.717, 1.165) is 16.6 Å². The second-order valence-corrected chi connectivity index (χ2v) is 3.79. The van der Waals surface area contributed by atoms with Crippen LogP contribution in [0.25, 0.3) is 10.9 Å². The Bertz CT molecular complexity index is 526. The van der Waals surface area contributed by atoms with Crippen LogP contribution in [0, 0.1) is 0 Å². The lowest BCUT2D eigenvalue weighted by atomic mass is 10.2. The van der Waals surface area contributed by atoms with E-state index >= 15 is 0 Å². The predicted octanol–water partition coefficient (Wildman–Crippen LogP) is 1.95. The molecule has 0 atom stereocenters. The van der Waals surface area contributed by atoms with Gasteiger partial charge in [-0.25, -0.2) is 0 Å². The van der Waals surface area contributed by atoms with Gasteiger partial charge in [-0.2, -0.15) is 0 Å². The van der Waals surface area contributed by atoms with E-state index < -0.39 is 0 Å². The van der Waals surface area contributed by atoms with Crippen LogP contribution in [0.4, 0.5) is 5.69 Å². The first-order chi connectivity index (χ1) is 8.29. The van der Waals surface area contributed by atoms with Crippen LogP contribution in [-0.4, -0.2) is 22.6 Å². The summed E-state index contributed by atoms with van der Waals surface area (Å²) in [5, 5.41) is 12.4. The fourth-order valence-corrected chi connectivity index (χ4v) is 1.62. The number of aromatic nitrogens is 1. The van der Waals surface area contributed by atoms with Crippen LogP contribution in [0.5, 0.6) is 0 Å². The van der Waals surface area contributed by atoms with E-state index in [4.69, 9.17) is 5.11 Å². The summed E-state index contributed by atoms with van der Waals surface area (Å²) in [4.78, 5) is 15.7. The van der Waals surface area contributed by atoms with Crippen LogP contribution < -0.4 is 5.32 Å². The number of nitrogens with one attached hydrogen (secondary N) is 1. The van der Waals surface area contributed by atoms with Gasteiger partial charge in [0.15, 0.2) is 0 Å². The van der Waals surface area contributed by atoms with Crippen LogP contribution >= 0.6 is 0 Å². The number of benzene rings is 1. The number of nitrogens with zero attached hydrogens (tertiary/aromatic N) is 1. The highest BCUT2D eigenvalue weighted by atomic mass is 16.3. The van der Waals surface area contributed by atoms with Crippen molar-refractivity contribution >= 4 is 22.5 Å². The molecule has 0 fully saturated rings. The normalized spacial score (nSPS) is 10.4. The van der Waals surface area contributed by atoms with E-state index in [0.29, 0.717) is 12.8 Å². The molecule has 0 aliphatic rings. The highest BCUT2D eigenvalue weighted by Crippen LogP contribution is 2.17. The number of carbonyl (C=O) groups excluding carboxylic acids is 1. The first kappa shape index (κ1) is 11.5. The highest BCUT2D eigenvalue weighted by molar-refractivity contribution is 5.93. The van der Waals surface area contributed by atoms with Gasteiger partial charge in [-0.15, -0.1) is 0 Å². The number of fused-ring (bicyclic) bond motifs is 1. The molecule has 2 rings (SSSR count). The van der Waals surface area contributed by atoms with E-state index in [1.54, 1.807) is 6.20 Å². The Kier molecular flexibility index (Phi) is 3.67. The number of hydrogen-bond donors (Lipinski definition) is 2. The Labute approximate surface area is 99.3 Å². The van der Waals surface area contributed by atoms with Crippen molar-refractivity contribution in [2.24, 2.45) is 0 Å². The maximum Gasteiger partial charge on any atom is 0.224 e. The molecule has 88 valence electrons. The quantitative estimate of drug-likeness (QED) is 0.843. The van der Waals surface area contributed by atoms with Crippen molar-refractivity contribution in [3.05, 3.63) is 36.5 Å².